The van der Waals surface area contributed by atoms with Crippen LogP contribution >= 0.6 is 11.8 Å². The highest BCUT2D eigenvalue weighted by Gasteiger charge is 2.27. The van der Waals surface area contributed by atoms with E-state index in [1.54, 1.807) is 11.8 Å². The van der Waals surface area contributed by atoms with Crippen LogP contribution in [0.3, 0.4) is 0 Å². The number of carbonyl (C=O) groups is 1. The second-order valence-electron chi connectivity index (χ2n) is 6.80. The highest BCUT2D eigenvalue weighted by atomic mass is 32.2. The van der Waals surface area contributed by atoms with Crippen molar-refractivity contribution < 1.29 is 4.79 Å². The number of fused-ring (bicyclic) bond motifs is 1. The Bertz CT molecular complexity index is 887. The minimum Gasteiger partial charge on any atom is -0.341 e. The molecular formula is C23H23NOS. The van der Waals surface area contributed by atoms with Crippen molar-refractivity contribution in [3.05, 3.63) is 78.4 Å². The van der Waals surface area contributed by atoms with Crippen LogP contribution < -0.4 is 0 Å². The standard InChI is InChI=1S/C23H23NOS/c25-23(24-15-7-2-8-16-24)22(19-10-3-1-4-11-19)26-21-14-13-18-9-5-6-12-20(18)17-21/h1,3-6,9-14,17,22H,2,7-8,15-16H2/t22-/m1/s1. The third kappa shape index (κ3) is 3.78. The van der Waals surface area contributed by atoms with Gasteiger partial charge >= 0.3 is 0 Å². The van der Waals surface area contributed by atoms with E-state index in [2.05, 4.69) is 59.5 Å². The highest BCUT2D eigenvalue weighted by molar-refractivity contribution is 8.00. The van der Waals surface area contributed by atoms with Gasteiger partial charge in [-0.25, -0.2) is 0 Å². The molecule has 1 amide bonds. The Balaban J connectivity index is 1.64. The van der Waals surface area contributed by atoms with E-state index in [0.717, 1.165) is 36.4 Å². The quantitative estimate of drug-likeness (QED) is 0.557. The molecule has 1 fully saturated rings. The summed E-state index contributed by atoms with van der Waals surface area (Å²) in [5.41, 5.74) is 1.08. The molecule has 3 aromatic rings. The molecule has 26 heavy (non-hydrogen) atoms. The molecule has 4 rings (SSSR count). The lowest BCUT2D eigenvalue weighted by Gasteiger charge is -2.30. The van der Waals surface area contributed by atoms with Gasteiger partial charge in [-0.05, 0) is 47.7 Å². The lowest BCUT2D eigenvalue weighted by molar-refractivity contribution is -0.131. The predicted molar refractivity (Wildman–Crippen MR) is 109 cm³/mol. The number of nitrogens with zero attached hydrogens (tertiary/aromatic N) is 1. The Morgan fingerprint density at radius 2 is 1.50 bits per heavy atom. The molecule has 0 aliphatic carbocycles. The molecule has 1 saturated heterocycles. The number of hydrogen-bond donors (Lipinski definition) is 0. The summed E-state index contributed by atoms with van der Waals surface area (Å²) >= 11 is 1.67. The zero-order valence-electron chi connectivity index (χ0n) is 14.8. The molecule has 1 heterocycles. The average molecular weight is 362 g/mol. The Morgan fingerprint density at radius 3 is 2.27 bits per heavy atom. The van der Waals surface area contributed by atoms with Gasteiger partial charge in [-0.1, -0.05) is 60.7 Å². The first kappa shape index (κ1) is 17.2. The summed E-state index contributed by atoms with van der Waals surface area (Å²) in [7, 11) is 0. The van der Waals surface area contributed by atoms with Crippen LogP contribution in [0.4, 0.5) is 0 Å². The third-order valence-corrected chi connectivity index (χ3v) is 6.20. The number of amides is 1. The first-order valence-corrected chi connectivity index (χ1v) is 10.2. The number of thioether (sulfide) groups is 1. The molecule has 3 heteroatoms. The fourth-order valence-corrected chi connectivity index (χ4v) is 4.70. The second-order valence-corrected chi connectivity index (χ2v) is 7.98. The summed E-state index contributed by atoms with van der Waals surface area (Å²) < 4.78 is 0. The maximum Gasteiger partial charge on any atom is 0.240 e. The average Bonchev–Trinajstić information content (AvgIpc) is 2.73. The first-order chi connectivity index (χ1) is 12.8. The van der Waals surface area contributed by atoms with Gasteiger partial charge in [-0.2, -0.15) is 0 Å². The largest absolute Gasteiger partial charge is 0.341 e. The van der Waals surface area contributed by atoms with Crippen LogP contribution in [-0.2, 0) is 4.79 Å². The Kier molecular flexibility index (Phi) is 5.26. The molecular weight excluding hydrogens is 338 g/mol. The van der Waals surface area contributed by atoms with Crippen LogP contribution in [0.1, 0.15) is 30.1 Å². The summed E-state index contributed by atoms with van der Waals surface area (Å²) in [6.45, 7) is 1.78. The maximum absolute atomic E-state index is 13.3. The van der Waals surface area contributed by atoms with Crippen molar-refractivity contribution in [1.29, 1.82) is 0 Å². The second kappa shape index (κ2) is 7.96. The highest BCUT2D eigenvalue weighted by Crippen LogP contribution is 2.38. The SMILES string of the molecule is O=C([C@H](Sc1ccc2ccccc2c1)c1ccccc1)N1CCCCC1. The van der Waals surface area contributed by atoms with Crippen molar-refractivity contribution in [3.8, 4) is 0 Å². The molecule has 1 aliphatic heterocycles. The number of carbonyl (C=O) groups excluding carboxylic acids is 1. The van der Waals surface area contributed by atoms with Gasteiger partial charge in [0.1, 0.15) is 5.25 Å². The molecule has 1 aliphatic rings. The molecule has 0 aromatic heterocycles. The van der Waals surface area contributed by atoms with Crippen molar-refractivity contribution in [2.75, 3.05) is 13.1 Å². The van der Waals surface area contributed by atoms with E-state index in [4.69, 9.17) is 0 Å². The maximum atomic E-state index is 13.3. The smallest absolute Gasteiger partial charge is 0.240 e. The van der Waals surface area contributed by atoms with Crippen LogP contribution in [0.5, 0.6) is 0 Å². The minimum absolute atomic E-state index is 0.185. The van der Waals surface area contributed by atoms with E-state index in [0.29, 0.717) is 0 Å². The molecule has 0 radical (unpaired) electrons. The Morgan fingerprint density at radius 1 is 0.808 bits per heavy atom. The Hall–Kier alpha value is -2.26. The van der Waals surface area contributed by atoms with Crippen LogP contribution in [0.2, 0.25) is 0 Å². The first-order valence-electron chi connectivity index (χ1n) is 9.30. The van der Waals surface area contributed by atoms with Gasteiger partial charge in [0.2, 0.25) is 5.91 Å². The van der Waals surface area contributed by atoms with E-state index in [9.17, 15) is 4.79 Å². The molecule has 0 bridgehead atoms. The van der Waals surface area contributed by atoms with Crippen molar-refractivity contribution in [2.45, 2.75) is 29.4 Å². The van der Waals surface area contributed by atoms with Gasteiger partial charge in [-0.15, -0.1) is 11.8 Å². The van der Waals surface area contributed by atoms with Crippen molar-refractivity contribution >= 4 is 28.4 Å². The molecule has 1 atom stereocenters. The van der Waals surface area contributed by atoms with Crippen LogP contribution in [0.15, 0.2) is 77.7 Å². The molecule has 0 saturated carbocycles. The fourth-order valence-electron chi connectivity index (χ4n) is 3.55. The predicted octanol–water partition coefficient (Wildman–Crippen LogP) is 5.69. The minimum atomic E-state index is -0.185. The zero-order chi connectivity index (χ0) is 17.8. The summed E-state index contributed by atoms with van der Waals surface area (Å²) in [6, 6.07) is 25.0. The van der Waals surface area contributed by atoms with Gasteiger partial charge in [0, 0.05) is 18.0 Å². The molecule has 0 spiro atoms. The summed E-state index contributed by atoms with van der Waals surface area (Å²) in [4.78, 5) is 16.5. The fraction of sp³-hybridized carbons (Fsp3) is 0.261. The summed E-state index contributed by atoms with van der Waals surface area (Å²) in [5.74, 6) is 0.244. The van der Waals surface area contributed by atoms with Crippen LogP contribution in [-0.4, -0.2) is 23.9 Å². The number of likely N-dealkylation sites (tertiary alicyclic amines) is 1. The molecule has 0 N–H and O–H groups in total. The lowest BCUT2D eigenvalue weighted by Crippen LogP contribution is -2.38. The summed E-state index contributed by atoms with van der Waals surface area (Å²) in [5, 5.41) is 2.26. The van der Waals surface area contributed by atoms with E-state index in [-0.39, 0.29) is 11.2 Å². The van der Waals surface area contributed by atoms with Gasteiger partial charge in [-0.3, -0.25) is 4.79 Å². The van der Waals surface area contributed by atoms with Crippen molar-refractivity contribution in [1.82, 2.24) is 4.90 Å². The van der Waals surface area contributed by atoms with Crippen molar-refractivity contribution in [2.24, 2.45) is 0 Å². The van der Waals surface area contributed by atoms with Crippen molar-refractivity contribution in [3.63, 3.8) is 0 Å². The number of hydrogen-bond acceptors (Lipinski definition) is 2. The van der Waals surface area contributed by atoms with E-state index >= 15 is 0 Å². The van der Waals surface area contributed by atoms with Gasteiger partial charge < -0.3 is 4.90 Å². The van der Waals surface area contributed by atoms with E-state index in [1.807, 2.05) is 18.2 Å². The number of piperidine rings is 1. The van der Waals surface area contributed by atoms with Crippen LogP contribution in [0.25, 0.3) is 10.8 Å². The van der Waals surface area contributed by atoms with Crippen LogP contribution in [0, 0.1) is 0 Å². The topological polar surface area (TPSA) is 20.3 Å². The number of benzene rings is 3. The third-order valence-electron chi connectivity index (χ3n) is 4.97. The normalized spacial score (nSPS) is 15.8. The molecule has 3 aromatic carbocycles. The van der Waals surface area contributed by atoms with E-state index in [1.165, 1.54) is 17.2 Å². The zero-order valence-corrected chi connectivity index (χ0v) is 15.6. The lowest BCUT2D eigenvalue weighted by atomic mass is 10.1. The number of rotatable bonds is 4. The monoisotopic (exact) mass is 361 g/mol. The molecule has 132 valence electrons. The Labute approximate surface area is 159 Å². The molecule has 2 nitrogen and oxygen atoms in total. The summed E-state index contributed by atoms with van der Waals surface area (Å²) in [6.07, 6.45) is 3.47. The van der Waals surface area contributed by atoms with Gasteiger partial charge in [0.15, 0.2) is 0 Å². The van der Waals surface area contributed by atoms with Gasteiger partial charge in [0.25, 0.3) is 0 Å². The van der Waals surface area contributed by atoms with E-state index < -0.39 is 0 Å². The molecule has 0 unspecified atom stereocenters. The van der Waals surface area contributed by atoms with Gasteiger partial charge in [0.05, 0.1) is 0 Å².